The van der Waals surface area contributed by atoms with E-state index in [1.54, 1.807) is 0 Å². The van der Waals surface area contributed by atoms with Crippen LogP contribution in [0.1, 0.15) is 11.3 Å². The maximum absolute atomic E-state index is 13.7. The van der Waals surface area contributed by atoms with Crippen molar-refractivity contribution in [1.82, 2.24) is 9.78 Å². The van der Waals surface area contributed by atoms with E-state index in [0.29, 0.717) is 4.68 Å². The summed E-state index contributed by atoms with van der Waals surface area (Å²) in [7, 11) is 0. The van der Waals surface area contributed by atoms with Gasteiger partial charge in [0.05, 0.1) is 5.02 Å². The fourth-order valence-corrected chi connectivity index (χ4v) is 2.04. The van der Waals surface area contributed by atoms with Crippen molar-refractivity contribution in [2.75, 3.05) is 0 Å². The zero-order valence-electron chi connectivity index (χ0n) is 9.39. The lowest BCUT2D eigenvalue weighted by atomic mass is 10.2. The quantitative estimate of drug-likeness (QED) is 0.701. The predicted octanol–water partition coefficient (Wildman–Crippen LogP) is 4.65. The molecule has 2 nitrogen and oxygen atoms in total. The van der Waals surface area contributed by atoms with Gasteiger partial charge in [0.15, 0.2) is 5.69 Å². The molecule has 0 bridgehead atoms. The summed E-state index contributed by atoms with van der Waals surface area (Å²) in [5.41, 5.74) is -1.77. The van der Waals surface area contributed by atoms with Gasteiger partial charge >= 0.3 is 6.18 Å². The Labute approximate surface area is 115 Å². The molecule has 2 aromatic rings. The van der Waals surface area contributed by atoms with Gasteiger partial charge in [-0.05, 0) is 19.1 Å². The molecule has 0 atom stereocenters. The Morgan fingerprint density at radius 2 is 1.84 bits per heavy atom. The number of hydrogen-bond acceptors (Lipinski definition) is 1. The van der Waals surface area contributed by atoms with Crippen LogP contribution in [0.15, 0.2) is 18.2 Å². The minimum Gasteiger partial charge on any atom is -0.217 e. The van der Waals surface area contributed by atoms with Gasteiger partial charge in [-0.25, -0.2) is 9.07 Å². The van der Waals surface area contributed by atoms with Crippen molar-refractivity contribution in [2.45, 2.75) is 13.1 Å². The molecule has 102 valence electrons. The second-order valence-electron chi connectivity index (χ2n) is 3.74. The molecule has 0 unspecified atom stereocenters. The SMILES string of the molecule is Cc1c(C(F)(F)F)nn(-c2c(F)cccc2Cl)c1Cl. The largest absolute Gasteiger partial charge is 0.435 e. The molecule has 8 heteroatoms. The number of para-hydroxylation sites is 1. The fraction of sp³-hybridized carbons (Fsp3) is 0.182. The Morgan fingerprint density at radius 3 is 2.32 bits per heavy atom. The normalized spacial score (nSPS) is 11.9. The minimum atomic E-state index is -4.67. The molecule has 0 amide bonds. The summed E-state index contributed by atoms with van der Waals surface area (Å²) in [6.07, 6.45) is -4.67. The average Bonchev–Trinajstić information content (AvgIpc) is 2.57. The van der Waals surface area contributed by atoms with Crippen molar-refractivity contribution in [3.8, 4) is 5.69 Å². The highest BCUT2D eigenvalue weighted by Gasteiger charge is 2.38. The molecular formula is C11H6Cl2F4N2. The van der Waals surface area contributed by atoms with Crippen LogP contribution in [0.4, 0.5) is 17.6 Å². The molecule has 0 spiro atoms. The van der Waals surface area contributed by atoms with Crippen LogP contribution in [0, 0.1) is 12.7 Å². The lowest BCUT2D eigenvalue weighted by Gasteiger charge is -2.07. The van der Waals surface area contributed by atoms with Crippen molar-refractivity contribution in [3.63, 3.8) is 0 Å². The lowest BCUT2D eigenvalue weighted by Crippen LogP contribution is -2.09. The van der Waals surface area contributed by atoms with Crippen molar-refractivity contribution in [2.24, 2.45) is 0 Å². The van der Waals surface area contributed by atoms with Crippen LogP contribution in [-0.4, -0.2) is 9.78 Å². The predicted molar refractivity (Wildman–Crippen MR) is 63.3 cm³/mol. The van der Waals surface area contributed by atoms with E-state index < -0.39 is 17.7 Å². The van der Waals surface area contributed by atoms with Gasteiger partial charge in [0.1, 0.15) is 16.7 Å². The van der Waals surface area contributed by atoms with Gasteiger partial charge in [-0.1, -0.05) is 29.3 Å². The number of aromatic nitrogens is 2. The Bertz CT molecular complexity index is 614. The van der Waals surface area contributed by atoms with Gasteiger partial charge in [-0.15, -0.1) is 0 Å². The van der Waals surface area contributed by atoms with E-state index in [9.17, 15) is 17.6 Å². The number of hydrogen-bond donors (Lipinski definition) is 0. The van der Waals surface area contributed by atoms with E-state index >= 15 is 0 Å². The second-order valence-corrected chi connectivity index (χ2v) is 4.51. The topological polar surface area (TPSA) is 17.8 Å². The van der Waals surface area contributed by atoms with Gasteiger partial charge in [0.2, 0.25) is 0 Å². The fourth-order valence-electron chi connectivity index (χ4n) is 1.58. The van der Waals surface area contributed by atoms with E-state index in [0.717, 1.165) is 13.0 Å². The summed E-state index contributed by atoms with van der Waals surface area (Å²) in [5, 5.41) is 2.89. The summed E-state index contributed by atoms with van der Waals surface area (Å²) in [6.45, 7) is 1.16. The first-order chi connectivity index (χ1) is 8.73. The molecule has 0 fully saturated rings. The average molecular weight is 313 g/mol. The van der Waals surface area contributed by atoms with Crippen molar-refractivity contribution >= 4 is 23.2 Å². The number of benzene rings is 1. The molecule has 0 radical (unpaired) electrons. The van der Waals surface area contributed by atoms with E-state index in [2.05, 4.69) is 5.10 Å². The van der Waals surface area contributed by atoms with Crippen molar-refractivity contribution < 1.29 is 17.6 Å². The van der Waals surface area contributed by atoms with Gasteiger partial charge in [-0.2, -0.15) is 18.3 Å². The van der Waals surface area contributed by atoms with Crippen LogP contribution in [0.25, 0.3) is 5.69 Å². The van der Waals surface area contributed by atoms with Gasteiger partial charge in [-0.3, -0.25) is 0 Å². The Morgan fingerprint density at radius 1 is 1.21 bits per heavy atom. The molecule has 2 rings (SSSR count). The smallest absolute Gasteiger partial charge is 0.217 e. The maximum Gasteiger partial charge on any atom is 0.435 e. The summed E-state index contributed by atoms with van der Waals surface area (Å²) in [5.74, 6) is -0.814. The summed E-state index contributed by atoms with van der Waals surface area (Å²) < 4.78 is 52.4. The van der Waals surface area contributed by atoms with E-state index in [4.69, 9.17) is 23.2 Å². The first-order valence-corrected chi connectivity index (χ1v) is 5.75. The first-order valence-electron chi connectivity index (χ1n) is 5.00. The van der Waals surface area contributed by atoms with E-state index in [1.807, 2.05) is 0 Å². The minimum absolute atomic E-state index is 0.0851. The Balaban J connectivity index is 2.72. The third kappa shape index (κ3) is 2.42. The third-order valence-corrected chi connectivity index (χ3v) is 3.22. The van der Waals surface area contributed by atoms with E-state index in [1.165, 1.54) is 12.1 Å². The summed E-state index contributed by atoms with van der Waals surface area (Å²) >= 11 is 11.5. The van der Waals surface area contributed by atoms with Gasteiger partial charge in [0.25, 0.3) is 0 Å². The Kier molecular flexibility index (Phi) is 3.49. The molecule has 0 aliphatic heterocycles. The van der Waals surface area contributed by atoms with E-state index in [-0.39, 0.29) is 21.4 Å². The first kappa shape index (κ1) is 14.1. The maximum atomic E-state index is 13.7. The van der Waals surface area contributed by atoms with Crippen molar-refractivity contribution in [1.29, 1.82) is 0 Å². The highest BCUT2D eigenvalue weighted by molar-refractivity contribution is 6.33. The number of alkyl halides is 3. The molecule has 1 aromatic carbocycles. The molecular weight excluding hydrogens is 307 g/mol. The third-order valence-electron chi connectivity index (χ3n) is 2.47. The van der Waals surface area contributed by atoms with Crippen molar-refractivity contribution in [3.05, 3.63) is 45.4 Å². The summed E-state index contributed by atoms with van der Waals surface area (Å²) in [6, 6.07) is 3.72. The Hall–Kier alpha value is -1.27. The van der Waals surface area contributed by atoms with Crippen LogP contribution in [0.2, 0.25) is 10.2 Å². The van der Waals surface area contributed by atoms with Crippen LogP contribution in [0.5, 0.6) is 0 Å². The number of rotatable bonds is 1. The standard InChI is InChI=1S/C11H6Cl2F4N2/c1-5-9(11(15,16)17)18-19(10(5)13)8-6(12)3-2-4-7(8)14/h2-4H,1H3. The molecule has 1 heterocycles. The molecule has 0 aliphatic carbocycles. The highest BCUT2D eigenvalue weighted by Crippen LogP contribution is 2.36. The van der Waals surface area contributed by atoms with Crippen LogP contribution in [-0.2, 0) is 6.18 Å². The monoisotopic (exact) mass is 312 g/mol. The molecule has 1 aromatic heterocycles. The highest BCUT2D eigenvalue weighted by atomic mass is 35.5. The van der Waals surface area contributed by atoms with Crippen LogP contribution < -0.4 is 0 Å². The van der Waals surface area contributed by atoms with Gasteiger partial charge in [0, 0.05) is 5.56 Å². The molecule has 0 saturated heterocycles. The number of halogens is 6. The van der Waals surface area contributed by atoms with Crippen LogP contribution >= 0.6 is 23.2 Å². The zero-order chi connectivity index (χ0) is 14.4. The lowest BCUT2D eigenvalue weighted by molar-refractivity contribution is -0.141. The molecule has 0 saturated carbocycles. The van der Waals surface area contributed by atoms with Crippen LogP contribution in [0.3, 0.4) is 0 Å². The molecule has 19 heavy (non-hydrogen) atoms. The summed E-state index contributed by atoms with van der Waals surface area (Å²) in [4.78, 5) is 0. The second kappa shape index (κ2) is 4.68. The molecule has 0 N–H and O–H groups in total. The molecule has 0 aliphatic rings. The number of nitrogens with zero attached hydrogens (tertiary/aromatic N) is 2. The van der Waals surface area contributed by atoms with Gasteiger partial charge < -0.3 is 0 Å². The zero-order valence-corrected chi connectivity index (χ0v) is 10.9.